The average molecular weight is 224 g/mol. The Hall–Kier alpha value is 0.110. The fraction of sp³-hybridized carbons (Fsp3) is 1.00. The lowest BCUT2D eigenvalue weighted by atomic mass is 10.1. The van der Waals surface area contributed by atoms with E-state index < -0.39 is 7.82 Å². The third-order valence-corrected chi connectivity index (χ3v) is 2.67. The first-order valence-corrected chi connectivity index (χ1v) is 6.72. The third-order valence-electron chi connectivity index (χ3n) is 2.03. The van der Waals surface area contributed by atoms with Crippen molar-refractivity contribution in [2.24, 2.45) is 0 Å². The number of unbranched alkanes of at least 4 members (excludes halogenated alkanes) is 4. The molecule has 0 saturated carbocycles. The van der Waals surface area contributed by atoms with Crippen LogP contribution >= 0.6 is 7.82 Å². The van der Waals surface area contributed by atoms with Crippen LogP contribution in [0.2, 0.25) is 0 Å². The molecule has 0 spiro atoms. The Balaban J connectivity index is 3.36. The number of hydrogen-bond donors (Lipinski definition) is 2. The summed E-state index contributed by atoms with van der Waals surface area (Å²) in [6, 6.07) is 0. The SMILES string of the molecule is CCCCCCCC(C)OP(=O)(O)O. The molecule has 0 aliphatic heterocycles. The molecule has 4 nitrogen and oxygen atoms in total. The van der Waals surface area contributed by atoms with Gasteiger partial charge < -0.3 is 9.79 Å². The Morgan fingerprint density at radius 3 is 2.29 bits per heavy atom. The minimum absolute atomic E-state index is 0.350. The summed E-state index contributed by atoms with van der Waals surface area (Å²) >= 11 is 0. The highest BCUT2D eigenvalue weighted by Crippen LogP contribution is 2.38. The zero-order valence-electron chi connectivity index (χ0n) is 8.98. The lowest BCUT2D eigenvalue weighted by Gasteiger charge is -2.12. The minimum Gasteiger partial charge on any atom is -0.303 e. The van der Waals surface area contributed by atoms with Gasteiger partial charge in [0.25, 0.3) is 0 Å². The van der Waals surface area contributed by atoms with Crippen molar-refractivity contribution in [3.05, 3.63) is 0 Å². The van der Waals surface area contributed by atoms with Crippen LogP contribution in [-0.4, -0.2) is 15.9 Å². The molecule has 1 unspecified atom stereocenters. The van der Waals surface area contributed by atoms with Gasteiger partial charge in [-0.15, -0.1) is 0 Å². The molecule has 0 aromatic carbocycles. The molecule has 0 aliphatic rings. The van der Waals surface area contributed by atoms with Crippen LogP contribution < -0.4 is 0 Å². The summed E-state index contributed by atoms with van der Waals surface area (Å²) < 4.78 is 15.0. The summed E-state index contributed by atoms with van der Waals surface area (Å²) in [7, 11) is -4.28. The molecule has 0 aromatic heterocycles. The smallest absolute Gasteiger partial charge is 0.303 e. The van der Waals surface area contributed by atoms with Crippen molar-refractivity contribution in [1.82, 2.24) is 0 Å². The van der Waals surface area contributed by atoms with Crippen molar-refractivity contribution < 1.29 is 18.9 Å². The van der Waals surface area contributed by atoms with E-state index in [0.29, 0.717) is 0 Å². The Morgan fingerprint density at radius 1 is 1.21 bits per heavy atom. The highest BCUT2D eigenvalue weighted by Gasteiger charge is 2.17. The van der Waals surface area contributed by atoms with Crippen LogP contribution in [-0.2, 0) is 9.09 Å². The third kappa shape index (κ3) is 10.2. The summed E-state index contributed by atoms with van der Waals surface area (Å²) in [6.07, 6.45) is 6.08. The number of hydrogen-bond acceptors (Lipinski definition) is 2. The molecule has 1 atom stereocenters. The van der Waals surface area contributed by atoms with Gasteiger partial charge in [0, 0.05) is 0 Å². The second kappa shape index (κ2) is 7.41. The van der Waals surface area contributed by atoms with Crippen LogP contribution in [0.3, 0.4) is 0 Å². The fourth-order valence-electron chi connectivity index (χ4n) is 1.32. The van der Waals surface area contributed by atoms with E-state index >= 15 is 0 Å². The van der Waals surface area contributed by atoms with Crippen molar-refractivity contribution in [2.45, 2.75) is 58.5 Å². The van der Waals surface area contributed by atoms with E-state index in [1.807, 2.05) is 0 Å². The highest BCUT2D eigenvalue weighted by atomic mass is 31.2. The van der Waals surface area contributed by atoms with Crippen LogP contribution in [0.5, 0.6) is 0 Å². The van der Waals surface area contributed by atoms with Crippen LogP contribution in [0.15, 0.2) is 0 Å². The van der Waals surface area contributed by atoms with E-state index in [1.54, 1.807) is 6.92 Å². The maximum Gasteiger partial charge on any atom is 0.469 e. The molecule has 0 radical (unpaired) electrons. The Labute approximate surface area is 85.9 Å². The van der Waals surface area contributed by atoms with Gasteiger partial charge >= 0.3 is 7.82 Å². The first-order chi connectivity index (χ1) is 6.45. The zero-order valence-corrected chi connectivity index (χ0v) is 9.87. The summed E-state index contributed by atoms with van der Waals surface area (Å²) in [6.45, 7) is 3.85. The van der Waals surface area contributed by atoms with Crippen molar-refractivity contribution in [3.63, 3.8) is 0 Å². The van der Waals surface area contributed by atoms with Crippen molar-refractivity contribution >= 4 is 7.82 Å². The Bertz CT molecular complexity index is 178. The molecule has 0 bridgehead atoms. The fourth-order valence-corrected chi connectivity index (χ4v) is 1.90. The monoisotopic (exact) mass is 224 g/mol. The van der Waals surface area contributed by atoms with Crippen LogP contribution in [0, 0.1) is 0 Å². The summed E-state index contributed by atoms with van der Waals surface area (Å²) in [5.74, 6) is 0. The summed E-state index contributed by atoms with van der Waals surface area (Å²) in [5, 5.41) is 0. The second-order valence-corrected chi connectivity index (χ2v) is 4.80. The van der Waals surface area contributed by atoms with Gasteiger partial charge in [-0.25, -0.2) is 4.57 Å². The van der Waals surface area contributed by atoms with Crippen molar-refractivity contribution in [2.75, 3.05) is 0 Å². The van der Waals surface area contributed by atoms with Crippen LogP contribution in [0.4, 0.5) is 0 Å². The van der Waals surface area contributed by atoms with Gasteiger partial charge in [0.2, 0.25) is 0 Å². The van der Waals surface area contributed by atoms with E-state index in [9.17, 15) is 4.57 Å². The van der Waals surface area contributed by atoms with Gasteiger partial charge in [0.15, 0.2) is 0 Å². The molecule has 5 heteroatoms. The second-order valence-electron chi connectivity index (χ2n) is 3.61. The molecule has 0 heterocycles. The molecule has 0 fully saturated rings. The molecule has 0 rings (SSSR count). The van der Waals surface area contributed by atoms with Gasteiger partial charge in [0.1, 0.15) is 0 Å². The van der Waals surface area contributed by atoms with E-state index in [1.165, 1.54) is 19.3 Å². The number of rotatable bonds is 8. The lowest BCUT2D eigenvalue weighted by molar-refractivity contribution is 0.136. The molecule has 0 aromatic rings. The molecule has 0 saturated heterocycles. The summed E-state index contributed by atoms with van der Waals surface area (Å²) in [4.78, 5) is 17.0. The normalized spacial score (nSPS) is 14.3. The first kappa shape index (κ1) is 14.1. The average Bonchev–Trinajstić information content (AvgIpc) is 2.00. The lowest BCUT2D eigenvalue weighted by Crippen LogP contribution is -2.05. The van der Waals surface area contributed by atoms with Crippen LogP contribution in [0.25, 0.3) is 0 Å². The first-order valence-electron chi connectivity index (χ1n) is 5.19. The van der Waals surface area contributed by atoms with E-state index in [4.69, 9.17) is 9.79 Å². The van der Waals surface area contributed by atoms with E-state index in [2.05, 4.69) is 11.4 Å². The maximum atomic E-state index is 10.4. The minimum atomic E-state index is -4.28. The zero-order chi connectivity index (χ0) is 11.0. The molecular weight excluding hydrogens is 203 g/mol. The largest absolute Gasteiger partial charge is 0.469 e. The van der Waals surface area contributed by atoms with Crippen molar-refractivity contribution in [3.8, 4) is 0 Å². The topological polar surface area (TPSA) is 66.8 Å². The van der Waals surface area contributed by atoms with Crippen LogP contribution in [0.1, 0.15) is 52.4 Å². The maximum absolute atomic E-state index is 10.4. The van der Waals surface area contributed by atoms with Gasteiger partial charge in [0.05, 0.1) is 6.10 Å². The molecule has 2 N–H and O–H groups in total. The van der Waals surface area contributed by atoms with Gasteiger partial charge in [-0.05, 0) is 13.3 Å². The molecule has 0 aliphatic carbocycles. The van der Waals surface area contributed by atoms with Gasteiger partial charge in [-0.1, -0.05) is 39.0 Å². The van der Waals surface area contributed by atoms with Crippen molar-refractivity contribution in [1.29, 1.82) is 0 Å². The molecular formula is C9H21O4P. The Kier molecular flexibility index (Phi) is 7.47. The predicted octanol–water partition coefficient (Wildman–Crippen LogP) is 2.84. The number of phosphoric ester groups is 1. The van der Waals surface area contributed by atoms with E-state index in [-0.39, 0.29) is 6.10 Å². The van der Waals surface area contributed by atoms with Gasteiger partial charge in [-0.3, -0.25) is 4.52 Å². The molecule has 14 heavy (non-hydrogen) atoms. The Morgan fingerprint density at radius 2 is 1.79 bits per heavy atom. The molecule has 0 amide bonds. The molecule has 86 valence electrons. The van der Waals surface area contributed by atoms with E-state index in [0.717, 1.165) is 19.3 Å². The summed E-state index contributed by atoms with van der Waals surface area (Å²) in [5.41, 5.74) is 0. The predicted molar refractivity (Wildman–Crippen MR) is 56.0 cm³/mol. The number of phosphoric acid groups is 1. The van der Waals surface area contributed by atoms with Gasteiger partial charge in [-0.2, -0.15) is 0 Å². The quantitative estimate of drug-likeness (QED) is 0.491. The standard InChI is InChI=1S/C9H21O4P/c1-3-4-5-6-7-8-9(2)13-14(10,11)12/h9H,3-8H2,1-2H3,(H2,10,11,12). The highest BCUT2D eigenvalue weighted by molar-refractivity contribution is 7.46.